The van der Waals surface area contributed by atoms with Crippen molar-refractivity contribution >= 4 is 0 Å². The Labute approximate surface area is 100 Å². The summed E-state index contributed by atoms with van der Waals surface area (Å²) in [5, 5.41) is 10.6. The van der Waals surface area contributed by atoms with Gasteiger partial charge in [0, 0.05) is 35.8 Å². The Morgan fingerprint density at radius 3 is 3.35 bits per heavy atom. The first-order chi connectivity index (χ1) is 8.34. The highest BCUT2D eigenvalue weighted by Gasteiger charge is 2.22. The van der Waals surface area contributed by atoms with Crippen LogP contribution in [0.2, 0.25) is 0 Å². The number of H-pyrrole nitrogens is 1. The predicted molar refractivity (Wildman–Crippen MR) is 64.6 cm³/mol. The molecule has 90 valence electrons. The summed E-state index contributed by atoms with van der Waals surface area (Å²) < 4.78 is 5.49. The van der Waals surface area contributed by atoms with Crippen LogP contribution < -0.4 is 5.32 Å². The number of furan rings is 1. The number of nitrogens with one attached hydrogen (secondary N) is 2. The second kappa shape index (κ2) is 4.37. The van der Waals surface area contributed by atoms with Crippen molar-refractivity contribution in [2.45, 2.75) is 38.8 Å². The van der Waals surface area contributed by atoms with Gasteiger partial charge in [0.05, 0.1) is 12.5 Å². The summed E-state index contributed by atoms with van der Waals surface area (Å²) in [6, 6.07) is 2.51. The molecule has 0 spiro atoms. The molecule has 0 aromatic carbocycles. The molecule has 0 amide bonds. The van der Waals surface area contributed by atoms with Crippen LogP contribution in [0.4, 0.5) is 0 Å². The second-order valence-corrected chi connectivity index (χ2v) is 4.65. The van der Waals surface area contributed by atoms with Gasteiger partial charge in [-0.2, -0.15) is 5.10 Å². The van der Waals surface area contributed by atoms with Crippen molar-refractivity contribution in [3.63, 3.8) is 0 Å². The number of fused-ring (bicyclic) bond motifs is 1. The summed E-state index contributed by atoms with van der Waals surface area (Å²) in [7, 11) is 0. The molecule has 2 N–H and O–H groups in total. The molecule has 2 heterocycles. The molecule has 1 unspecified atom stereocenters. The smallest absolute Gasteiger partial charge is 0.108 e. The lowest BCUT2D eigenvalue weighted by Gasteiger charge is -2.22. The number of rotatable bonds is 3. The van der Waals surface area contributed by atoms with Crippen LogP contribution in [-0.2, 0) is 13.0 Å². The van der Waals surface area contributed by atoms with E-state index < -0.39 is 0 Å². The Hall–Kier alpha value is -1.55. The third-order valence-electron chi connectivity index (χ3n) is 3.53. The molecular formula is C13H17N3O. The van der Waals surface area contributed by atoms with Gasteiger partial charge in [-0.15, -0.1) is 0 Å². The van der Waals surface area contributed by atoms with E-state index in [-0.39, 0.29) is 0 Å². The van der Waals surface area contributed by atoms with E-state index in [4.69, 9.17) is 4.42 Å². The molecular weight excluding hydrogens is 214 g/mol. The molecule has 2 aromatic rings. The normalized spacial score (nSPS) is 19.2. The summed E-state index contributed by atoms with van der Waals surface area (Å²) in [5.74, 6) is 1.15. The zero-order valence-electron chi connectivity index (χ0n) is 9.99. The van der Waals surface area contributed by atoms with E-state index in [1.165, 1.54) is 24.0 Å². The lowest BCUT2D eigenvalue weighted by Crippen LogP contribution is -2.24. The van der Waals surface area contributed by atoms with Crippen molar-refractivity contribution in [2.75, 3.05) is 0 Å². The molecule has 0 radical (unpaired) electrons. The topological polar surface area (TPSA) is 53.9 Å². The molecule has 1 aliphatic carbocycles. The van der Waals surface area contributed by atoms with Crippen LogP contribution in [0, 0.1) is 6.92 Å². The van der Waals surface area contributed by atoms with Gasteiger partial charge in [-0.1, -0.05) is 0 Å². The Kier molecular flexibility index (Phi) is 2.73. The average molecular weight is 231 g/mol. The summed E-state index contributed by atoms with van der Waals surface area (Å²) >= 11 is 0. The van der Waals surface area contributed by atoms with Gasteiger partial charge >= 0.3 is 0 Å². The van der Waals surface area contributed by atoms with Crippen LogP contribution in [0.1, 0.15) is 41.5 Å². The first kappa shape index (κ1) is 10.6. The van der Waals surface area contributed by atoms with E-state index in [9.17, 15) is 0 Å². The molecule has 0 fully saturated rings. The SMILES string of the molecule is Cc1[nH]ncc1CNC1CCCc2occc21. The summed E-state index contributed by atoms with van der Waals surface area (Å²) in [5.41, 5.74) is 3.71. The molecule has 0 saturated heterocycles. The lowest BCUT2D eigenvalue weighted by molar-refractivity contribution is 0.410. The van der Waals surface area contributed by atoms with Gasteiger partial charge in [0.1, 0.15) is 5.76 Å². The van der Waals surface area contributed by atoms with E-state index in [1.54, 1.807) is 6.26 Å². The number of aromatic amines is 1. The Bertz CT molecular complexity index is 500. The molecule has 3 rings (SSSR count). The summed E-state index contributed by atoms with van der Waals surface area (Å²) in [6.07, 6.45) is 7.15. The zero-order chi connectivity index (χ0) is 11.7. The van der Waals surface area contributed by atoms with Gasteiger partial charge in [-0.3, -0.25) is 5.10 Å². The fourth-order valence-corrected chi connectivity index (χ4v) is 2.49. The van der Waals surface area contributed by atoms with Crippen molar-refractivity contribution in [1.82, 2.24) is 15.5 Å². The molecule has 17 heavy (non-hydrogen) atoms. The monoisotopic (exact) mass is 231 g/mol. The lowest BCUT2D eigenvalue weighted by atomic mass is 9.93. The molecule has 4 nitrogen and oxygen atoms in total. The third kappa shape index (κ3) is 2.00. The van der Waals surface area contributed by atoms with Gasteiger partial charge in [0.2, 0.25) is 0 Å². The quantitative estimate of drug-likeness (QED) is 0.853. The maximum atomic E-state index is 5.49. The van der Waals surface area contributed by atoms with Crippen LogP contribution in [0.3, 0.4) is 0 Å². The van der Waals surface area contributed by atoms with Gasteiger partial charge in [0.25, 0.3) is 0 Å². The van der Waals surface area contributed by atoms with E-state index in [0.29, 0.717) is 6.04 Å². The first-order valence-electron chi connectivity index (χ1n) is 6.13. The molecule has 1 atom stereocenters. The maximum absolute atomic E-state index is 5.49. The van der Waals surface area contributed by atoms with Crippen LogP contribution in [0.15, 0.2) is 22.9 Å². The minimum absolute atomic E-state index is 0.423. The number of hydrogen-bond acceptors (Lipinski definition) is 3. The highest BCUT2D eigenvalue weighted by atomic mass is 16.3. The van der Waals surface area contributed by atoms with E-state index in [0.717, 1.165) is 24.4 Å². The minimum atomic E-state index is 0.423. The van der Waals surface area contributed by atoms with Crippen molar-refractivity contribution in [1.29, 1.82) is 0 Å². The van der Waals surface area contributed by atoms with Crippen LogP contribution in [-0.4, -0.2) is 10.2 Å². The standard InChI is InChI=1S/C13H17N3O/c1-9-10(8-15-16-9)7-14-12-3-2-4-13-11(12)5-6-17-13/h5-6,8,12,14H,2-4,7H2,1H3,(H,15,16). The number of aryl methyl sites for hydroxylation is 2. The summed E-state index contributed by atoms with van der Waals surface area (Å²) in [4.78, 5) is 0. The van der Waals surface area contributed by atoms with Crippen LogP contribution in [0.25, 0.3) is 0 Å². The first-order valence-corrected chi connectivity index (χ1v) is 6.13. The Morgan fingerprint density at radius 2 is 2.53 bits per heavy atom. The Morgan fingerprint density at radius 1 is 1.59 bits per heavy atom. The second-order valence-electron chi connectivity index (χ2n) is 4.65. The fourth-order valence-electron chi connectivity index (χ4n) is 2.49. The van der Waals surface area contributed by atoms with Crippen LogP contribution in [0.5, 0.6) is 0 Å². The zero-order valence-corrected chi connectivity index (χ0v) is 9.99. The molecule has 1 aliphatic rings. The highest BCUT2D eigenvalue weighted by molar-refractivity contribution is 5.24. The highest BCUT2D eigenvalue weighted by Crippen LogP contribution is 2.30. The number of nitrogens with zero attached hydrogens (tertiary/aromatic N) is 1. The summed E-state index contributed by atoms with van der Waals surface area (Å²) in [6.45, 7) is 2.91. The molecule has 0 saturated carbocycles. The molecule has 0 bridgehead atoms. The van der Waals surface area contributed by atoms with Crippen molar-refractivity contribution in [2.24, 2.45) is 0 Å². The minimum Gasteiger partial charge on any atom is -0.469 e. The van der Waals surface area contributed by atoms with Crippen LogP contribution >= 0.6 is 0 Å². The van der Waals surface area contributed by atoms with Crippen molar-refractivity contribution in [3.8, 4) is 0 Å². The van der Waals surface area contributed by atoms with E-state index in [1.807, 2.05) is 13.1 Å². The molecule has 0 aliphatic heterocycles. The predicted octanol–water partition coefficient (Wildman–Crippen LogP) is 2.48. The van der Waals surface area contributed by atoms with Gasteiger partial charge in [-0.25, -0.2) is 0 Å². The number of aromatic nitrogens is 2. The van der Waals surface area contributed by atoms with Gasteiger partial charge < -0.3 is 9.73 Å². The van der Waals surface area contributed by atoms with Crippen molar-refractivity contribution in [3.05, 3.63) is 41.1 Å². The van der Waals surface area contributed by atoms with Gasteiger partial charge in [0.15, 0.2) is 0 Å². The van der Waals surface area contributed by atoms with E-state index >= 15 is 0 Å². The third-order valence-corrected chi connectivity index (χ3v) is 3.53. The largest absolute Gasteiger partial charge is 0.469 e. The average Bonchev–Trinajstić information content (AvgIpc) is 2.95. The van der Waals surface area contributed by atoms with Gasteiger partial charge in [-0.05, 0) is 25.8 Å². The molecule has 2 aromatic heterocycles. The van der Waals surface area contributed by atoms with E-state index in [2.05, 4.69) is 21.6 Å². The number of hydrogen-bond donors (Lipinski definition) is 2. The Balaban J connectivity index is 1.70. The van der Waals surface area contributed by atoms with Crippen molar-refractivity contribution < 1.29 is 4.42 Å². The fraction of sp³-hybridized carbons (Fsp3) is 0.462. The maximum Gasteiger partial charge on any atom is 0.108 e. The molecule has 4 heteroatoms.